The Bertz CT molecular complexity index is 458. The van der Waals surface area contributed by atoms with E-state index < -0.39 is 0 Å². The van der Waals surface area contributed by atoms with Crippen molar-refractivity contribution >= 4 is 11.6 Å². The summed E-state index contributed by atoms with van der Waals surface area (Å²) in [6.07, 6.45) is 3.52. The minimum atomic E-state index is 0.616. The number of halogens is 1. The molecule has 1 N–H and O–H groups in total. The van der Waals surface area contributed by atoms with Gasteiger partial charge in [0.15, 0.2) is 0 Å². The van der Waals surface area contributed by atoms with E-state index in [1.165, 1.54) is 24.0 Å². The Morgan fingerprint density at radius 3 is 3.16 bits per heavy atom. The number of rotatable bonds is 3. The third-order valence-electron chi connectivity index (χ3n) is 4.14. The molecule has 2 aliphatic rings. The fourth-order valence-electron chi connectivity index (χ4n) is 3.07. The van der Waals surface area contributed by atoms with E-state index in [4.69, 9.17) is 16.3 Å². The van der Waals surface area contributed by atoms with E-state index >= 15 is 0 Å². The predicted octanol–water partition coefficient (Wildman–Crippen LogP) is 2.46. The molecular weight excluding hydrogens is 260 g/mol. The number of fused-ring (bicyclic) bond motifs is 1. The highest BCUT2D eigenvalue weighted by Gasteiger charge is 2.22. The monoisotopic (exact) mass is 280 g/mol. The summed E-state index contributed by atoms with van der Waals surface area (Å²) >= 11 is 6.21. The molecule has 0 amide bonds. The number of ether oxygens (including phenoxy) is 1. The molecule has 2 aliphatic heterocycles. The van der Waals surface area contributed by atoms with Crippen LogP contribution in [-0.2, 0) is 13.0 Å². The van der Waals surface area contributed by atoms with Crippen molar-refractivity contribution in [3.63, 3.8) is 0 Å². The van der Waals surface area contributed by atoms with Crippen LogP contribution in [0.2, 0.25) is 5.02 Å². The molecule has 0 aromatic heterocycles. The molecular formula is C15H21ClN2O. The van der Waals surface area contributed by atoms with Gasteiger partial charge in [-0.05, 0) is 44.1 Å². The van der Waals surface area contributed by atoms with Gasteiger partial charge in [-0.25, -0.2) is 0 Å². The molecule has 0 radical (unpaired) electrons. The number of hydrogen-bond acceptors (Lipinski definition) is 3. The molecule has 0 saturated carbocycles. The van der Waals surface area contributed by atoms with Gasteiger partial charge < -0.3 is 10.1 Å². The number of benzene rings is 1. The van der Waals surface area contributed by atoms with Crippen molar-refractivity contribution in [1.29, 1.82) is 0 Å². The molecule has 4 heteroatoms. The van der Waals surface area contributed by atoms with Crippen LogP contribution in [0.15, 0.2) is 12.1 Å². The zero-order valence-corrected chi connectivity index (χ0v) is 12.2. The minimum Gasteiger partial charge on any atom is -0.493 e. The Labute approximate surface area is 119 Å². The smallest absolute Gasteiger partial charge is 0.127 e. The van der Waals surface area contributed by atoms with Crippen LogP contribution < -0.4 is 10.1 Å². The standard InChI is InChI=1S/C15H21ClN2O/c1-18(14-3-2-5-17-9-14)10-12-8-13(16)7-11-4-6-19-15(11)12/h7-8,14,17H,2-6,9-10H2,1H3. The van der Waals surface area contributed by atoms with Crippen LogP contribution in [0.3, 0.4) is 0 Å². The highest BCUT2D eigenvalue weighted by Crippen LogP contribution is 2.33. The molecule has 19 heavy (non-hydrogen) atoms. The second-order valence-corrected chi connectivity index (χ2v) is 6.00. The summed E-state index contributed by atoms with van der Waals surface area (Å²) in [6, 6.07) is 4.71. The maximum Gasteiger partial charge on any atom is 0.127 e. The molecule has 1 unspecified atom stereocenters. The summed E-state index contributed by atoms with van der Waals surface area (Å²) in [5.41, 5.74) is 2.49. The van der Waals surface area contributed by atoms with Gasteiger partial charge in [-0.3, -0.25) is 4.90 Å². The number of nitrogens with one attached hydrogen (secondary N) is 1. The third kappa shape index (κ3) is 2.88. The lowest BCUT2D eigenvalue weighted by Gasteiger charge is -2.32. The normalized spacial score (nSPS) is 22.4. The second kappa shape index (κ2) is 5.70. The molecule has 1 fully saturated rings. The van der Waals surface area contributed by atoms with Crippen molar-refractivity contribution in [2.75, 3.05) is 26.7 Å². The first-order chi connectivity index (χ1) is 9.24. The summed E-state index contributed by atoms with van der Waals surface area (Å²) in [5, 5.41) is 4.29. The van der Waals surface area contributed by atoms with Crippen LogP contribution in [0.1, 0.15) is 24.0 Å². The van der Waals surface area contributed by atoms with E-state index in [0.29, 0.717) is 6.04 Å². The SMILES string of the molecule is CN(Cc1cc(Cl)cc2c1OCC2)C1CCCNC1. The lowest BCUT2D eigenvalue weighted by Crippen LogP contribution is -2.43. The largest absolute Gasteiger partial charge is 0.493 e. The molecule has 104 valence electrons. The molecule has 3 rings (SSSR count). The molecule has 0 bridgehead atoms. The highest BCUT2D eigenvalue weighted by molar-refractivity contribution is 6.30. The fraction of sp³-hybridized carbons (Fsp3) is 0.600. The van der Waals surface area contributed by atoms with Gasteiger partial charge in [-0.2, -0.15) is 0 Å². The first kappa shape index (κ1) is 13.2. The summed E-state index contributed by atoms with van der Waals surface area (Å²) in [6.45, 7) is 3.94. The van der Waals surface area contributed by atoms with Crippen LogP contribution in [0.4, 0.5) is 0 Å². The molecule has 3 nitrogen and oxygen atoms in total. The summed E-state index contributed by atoms with van der Waals surface area (Å²) in [7, 11) is 2.19. The van der Waals surface area contributed by atoms with Gasteiger partial charge >= 0.3 is 0 Å². The van der Waals surface area contributed by atoms with Gasteiger partial charge in [0.2, 0.25) is 0 Å². The maximum atomic E-state index is 6.21. The van der Waals surface area contributed by atoms with Gasteiger partial charge in [0.05, 0.1) is 6.61 Å². The maximum absolute atomic E-state index is 6.21. The number of likely N-dealkylation sites (N-methyl/N-ethyl adjacent to an activating group) is 1. The molecule has 1 atom stereocenters. The molecule has 0 spiro atoms. The average molecular weight is 281 g/mol. The van der Waals surface area contributed by atoms with Crippen molar-refractivity contribution < 1.29 is 4.74 Å². The molecule has 1 aromatic carbocycles. The average Bonchev–Trinajstić information content (AvgIpc) is 2.88. The van der Waals surface area contributed by atoms with Crippen LogP contribution >= 0.6 is 11.6 Å². The van der Waals surface area contributed by atoms with Crippen LogP contribution in [0, 0.1) is 0 Å². The Morgan fingerprint density at radius 2 is 2.37 bits per heavy atom. The molecule has 1 saturated heterocycles. The summed E-state index contributed by atoms with van der Waals surface area (Å²) in [5.74, 6) is 1.07. The van der Waals surface area contributed by atoms with Crippen LogP contribution in [0.25, 0.3) is 0 Å². The highest BCUT2D eigenvalue weighted by atomic mass is 35.5. The Hall–Kier alpha value is -0.770. The summed E-state index contributed by atoms with van der Waals surface area (Å²) in [4.78, 5) is 2.42. The van der Waals surface area contributed by atoms with Gasteiger partial charge in [-0.15, -0.1) is 0 Å². The van der Waals surface area contributed by atoms with Crippen molar-refractivity contribution in [2.45, 2.75) is 31.8 Å². The molecule has 1 aromatic rings. The third-order valence-corrected chi connectivity index (χ3v) is 4.36. The first-order valence-electron chi connectivity index (χ1n) is 7.09. The van der Waals surface area contributed by atoms with Gasteiger partial charge in [0.25, 0.3) is 0 Å². The van der Waals surface area contributed by atoms with Gasteiger partial charge in [-0.1, -0.05) is 11.6 Å². The van der Waals surface area contributed by atoms with Crippen molar-refractivity contribution in [3.05, 3.63) is 28.3 Å². The molecule has 0 aliphatic carbocycles. The van der Waals surface area contributed by atoms with E-state index in [1.54, 1.807) is 0 Å². The van der Waals surface area contributed by atoms with Gasteiger partial charge in [0, 0.05) is 36.1 Å². The zero-order chi connectivity index (χ0) is 13.2. The van der Waals surface area contributed by atoms with Crippen molar-refractivity contribution in [1.82, 2.24) is 10.2 Å². The van der Waals surface area contributed by atoms with Crippen LogP contribution in [-0.4, -0.2) is 37.7 Å². The van der Waals surface area contributed by atoms with E-state index in [1.807, 2.05) is 6.07 Å². The zero-order valence-electron chi connectivity index (χ0n) is 11.4. The van der Waals surface area contributed by atoms with Crippen molar-refractivity contribution in [3.8, 4) is 5.75 Å². The Kier molecular flexibility index (Phi) is 3.96. The Morgan fingerprint density at radius 1 is 1.47 bits per heavy atom. The lowest BCUT2D eigenvalue weighted by atomic mass is 10.0. The molecule has 2 heterocycles. The van der Waals surface area contributed by atoms with E-state index in [2.05, 4.69) is 23.3 Å². The van der Waals surface area contributed by atoms with E-state index in [-0.39, 0.29) is 0 Å². The second-order valence-electron chi connectivity index (χ2n) is 5.57. The summed E-state index contributed by atoms with van der Waals surface area (Å²) < 4.78 is 5.77. The minimum absolute atomic E-state index is 0.616. The quantitative estimate of drug-likeness (QED) is 0.921. The fourth-order valence-corrected chi connectivity index (χ4v) is 3.33. The first-order valence-corrected chi connectivity index (χ1v) is 7.47. The lowest BCUT2D eigenvalue weighted by molar-refractivity contribution is 0.193. The van der Waals surface area contributed by atoms with Crippen molar-refractivity contribution in [2.24, 2.45) is 0 Å². The predicted molar refractivity (Wildman–Crippen MR) is 78.0 cm³/mol. The number of piperidine rings is 1. The number of hydrogen-bond donors (Lipinski definition) is 1. The topological polar surface area (TPSA) is 24.5 Å². The van der Waals surface area contributed by atoms with Crippen LogP contribution in [0.5, 0.6) is 5.75 Å². The number of nitrogens with zero attached hydrogens (tertiary/aromatic N) is 1. The Balaban J connectivity index is 1.75. The van der Waals surface area contributed by atoms with Gasteiger partial charge in [0.1, 0.15) is 5.75 Å². The van der Waals surface area contributed by atoms with E-state index in [0.717, 1.165) is 43.4 Å². The van der Waals surface area contributed by atoms with E-state index in [9.17, 15) is 0 Å².